The number of β-amino-alcohol motifs (C(OH)–C–C–N with tert-alkyl or cyclic N) is 1. The maximum atomic E-state index is 12.0. The van der Waals surface area contributed by atoms with Crippen molar-refractivity contribution in [3.05, 3.63) is 29.8 Å². The number of rotatable bonds is 5. The minimum atomic E-state index is -0.480. The van der Waals surface area contributed by atoms with Gasteiger partial charge in [-0.1, -0.05) is 13.0 Å². The van der Waals surface area contributed by atoms with Crippen molar-refractivity contribution in [2.75, 3.05) is 18.4 Å². The zero-order valence-electron chi connectivity index (χ0n) is 12.1. The first-order valence-corrected chi connectivity index (χ1v) is 7.20. The summed E-state index contributed by atoms with van der Waals surface area (Å²) in [5, 5.41) is 17.9. The molecule has 21 heavy (non-hydrogen) atoms. The second kappa shape index (κ2) is 7.19. The molecule has 0 aromatic heterocycles. The van der Waals surface area contributed by atoms with Crippen LogP contribution in [0.5, 0.6) is 0 Å². The van der Waals surface area contributed by atoms with Crippen LogP contribution in [0, 0.1) is 0 Å². The average Bonchev–Trinajstić information content (AvgIpc) is 2.91. The zero-order chi connectivity index (χ0) is 15.2. The summed E-state index contributed by atoms with van der Waals surface area (Å²) in [7, 11) is 0. The van der Waals surface area contributed by atoms with Gasteiger partial charge in [0.2, 0.25) is 5.91 Å². The highest BCUT2D eigenvalue weighted by molar-refractivity contribution is 5.98. The van der Waals surface area contributed by atoms with Gasteiger partial charge in [-0.2, -0.15) is 0 Å². The third kappa shape index (κ3) is 4.27. The normalized spacial score (nSPS) is 21.0. The molecule has 1 heterocycles. The molecule has 114 valence electrons. The van der Waals surface area contributed by atoms with Crippen LogP contribution >= 0.6 is 0 Å². The molecule has 2 unspecified atom stereocenters. The molecule has 2 rings (SSSR count). The van der Waals surface area contributed by atoms with E-state index in [4.69, 9.17) is 0 Å². The molecular weight excluding hydrogens is 270 g/mol. The number of hydrogen-bond acceptors (Lipinski definition) is 4. The van der Waals surface area contributed by atoms with Gasteiger partial charge in [-0.05, 0) is 31.0 Å². The first-order chi connectivity index (χ1) is 10.1. The highest BCUT2D eigenvalue weighted by Gasteiger charge is 2.27. The third-order valence-corrected chi connectivity index (χ3v) is 3.35. The molecule has 1 aliphatic rings. The lowest BCUT2D eigenvalue weighted by atomic mass is 10.1. The second-order valence-electron chi connectivity index (χ2n) is 5.18. The lowest BCUT2D eigenvalue weighted by Crippen LogP contribution is -2.35. The first kappa shape index (κ1) is 15.5. The van der Waals surface area contributed by atoms with Crippen molar-refractivity contribution in [3.8, 4) is 0 Å². The monoisotopic (exact) mass is 291 g/mol. The highest BCUT2D eigenvalue weighted by Crippen LogP contribution is 2.13. The Morgan fingerprint density at radius 1 is 1.43 bits per heavy atom. The van der Waals surface area contributed by atoms with Crippen molar-refractivity contribution < 1.29 is 14.7 Å². The molecule has 0 bridgehead atoms. The van der Waals surface area contributed by atoms with E-state index in [0.29, 0.717) is 30.8 Å². The van der Waals surface area contributed by atoms with Gasteiger partial charge in [-0.3, -0.25) is 9.59 Å². The quantitative estimate of drug-likeness (QED) is 0.635. The summed E-state index contributed by atoms with van der Waals surface area (Å²) in [5.41, 5.74) is 1.09. The number of anilines is 1. The fraction of sp³-hybridized carbons (Fsp3) is 0.467. The topological polar surface area (TPSA) is 90.5 Å². The van der Waals surface area contributed by atoms with Crippen LogP contribution in [0.1, 0.15) is 30.1 Å². The van der Waals surface area contributed by atoms with Gasteiger partial charge in [-0.15, -0.1) is 0 Å². The second-order valence-corrected chi connectivity index (χ2v) is 5.18. The molecule has 0 aliphatic carbocycles. The molecule has 6 nitrogen and oxygen atoms in total. The number of carbonyl (C=O) groups excluding carboxylic acids is 2. The van der Waals surface area contributed by atoms with Gasteiger partial charge in [0.15, 0.2) is 0 Å². The van der Waals surface area contributed by atoms with E-state index in [1.54, 1.807) is 24.3 Å². The van der Waals surface area contributed by atoms with Crippen molar-refractivity contribution >= 4 is 17.5 Å². The zero-order valence-corrected chi connectivity index (χ0v) is 12.1. The highest BCUT2D eigenvalue weighted by atomic mass is 16.3. The van der Waals surface area contributed by atoms with Crippen LogP contribution in [0.15, 0.2) is 24.3 Å². The summed E-state index contributed by atoms with van der Waals surface area (Å²) in [6, 6.07) is 6.43. The molecule has 6 heteroatoms. The van der Waals surface area contributed by atoms with Gasteiger partial charge < -0.3 is 21.1 Å². The molecular formula is C15H21N3O3. The number of hydrogen-bond donors (Lipinski definition) is 4. The smallest absolute Gasteiger partial charge is 0.251 e. The van der Waals surface area contributed by atoms with Gasteiger partial charge in [0, 0.05) is 24.3 Å². The Labute approximate surface area is 123 Å². The summed E-state index contributed by atoms with van der Waals surface area (Å²) >= 11 is 0. The molecule has 2 atom stereocenters. The minimum absolute atomic E-state index is 0.151. The first-order valence-electron chi connectivity index (χ1n) is 7.20. The molecule has 4 N–H and O–H groups in total. The van der Waals surface area contributed by atoms with Crippen molar-refractivity contribution in [2.45, 2.75) is 31.9 Å². The standard InChI is InChI=1S/C15H21N3O3/c1-2-6-16-14(20)10-4-3-5-11(7-10)18-15(21)13-8-12(19)9-17-13/h3-5,7,12-13,17,19H,2,6,8-9H2,1H3,(H,16,20)(H,18,21). The molecule has 2 amide bonds. The maximum absolute atomic E-state index is 12.0. The number of aliphatic hydroxyl groups excluding tert-OH is 1. The molecule has 1 aromatic rings. The molecule has 1 fully saturated rings. The van der Waals surface area contributed by atoms with Crippen LogP contribution in [0.25, 0.3) is 0 Å². The number of carbonyl (C=O) groups is 2. The largest absolute Gasteiger partial charge is 0.392 e. The van der Waals surface area contributed by atoms with Gasteiger partial charge in [-0.25, -0.2) is 0 Å². The van der Waals surface area contributed by atoms with Gasteiger partial charge in [0.25, 0.3) is 5.91 Å². The van der Waals surface area contributed by atoms with Crippen LogP contribution in [-0.2, 0) is 4.79 Å². The van der Waals surface area contributed by atoms with E-state index in [2.05, 4.69) is 16.0 Å². The van der Waals surface area contributed by atoms with Crippen LogP contribution in [-0.4, -0.2) is 42.2 Å². The fourth-order valence-electron chi connectivity index (χ4n) is 2.22. The van der Waals surface area contributed by atoms with E-state index < -0.39 is 12.1 Å². The molecule has 0 spiro atoms. The Bertz CT molecular complexity index is 519. The van der Waals surface area contributed by atoms with Crippen molar-refractivity contribution in [1.82, 2.24) is 10.6 Å². The Balaban J connectivity index is 1.97. The van der Waals surface area contributed by atoms with Gasteiger partial charge >= 0.3 is 0 Å². The summed E-state index contributed by atoms with van der Waals surface area (Å²) in [4.78, 5) is 23.9. The molecule has 0 saturated carbocycles. The summed E-state index contributed by atoms with van der Waals surface area (Å²) in [5.74, 6) is -0.347. The number of amides is 2. The van der Waals surface area contributed by atoms with Crippen molar-refractivity contribution in [2.24, 2.45) is 0 Å². The van der Waals surface area contributed by atoms with Crippen LogP contribution in [0.3, 0.4) is 0 Å². The summed E-state index contributed by atoms with van der Waals surface area (Å²) in [6.45, 7) is 3.04. The van der Waals surface area contributed by atoms with Crippen molar-refractivity contribution in [3.63, 3.8) is 0 Å². The van der Waals surface area contributed by atoms with E-state index in [0.717, 1.165) is 6.42 Å². The van der Waals surface area contributed by atoms with Crippen LogP contribution in [0.4, 0.5) is 5.69 Å². The molecule has 1 aliphatic heterocycles. The lowest BCUT2D eigenvalue weighted by Gasteiger charge is -2.12. The number of benzene rings is 1. The maximum Gasteiger partial charge on any atom is 0.251 e. The number of aliphatic hydroxyl groups is 1. The van der Waals surface area contributed by atoms with E-state index in [1.165, 1.54) is 0 Å². The Morgan fingerprint density at radius 2 is 2.24 bits per heavy atom. The Kier molecular flexibility index (Phi) is 5.30. The average molecular weight is 291 g/mol. The van der Waals surface area contributed by atoms with Gasteiger partial charge in [0.05, 0.1) is 12.1 Å². The minimum Gasteiger partial charge on any atom is -0.392 e. The molecule has 1 saturated heterocycles. The van der Waals surface area contributed by atoms with Crippen LogP contribution in [0.2, 0.25) is 0 Å². The molecule has 0 radical (unpaired) electrons. The molecule has 1 aromatic carbocycles. The third-order valence-electron chi connectivity index (χ3n) is 3.35. The predicted molar refractivity (Wildman–Crippen MR) is 80.1 cm³/mol. The van der Waals surface area contributed by atoms with Crippen molar-refractivity contribution in [1.29, 1.82) is 0 Å². The SMILES string of the molecule is CCCNC(=O)c1cccc(NC(=O)C2CC(O)CN2)c1. The lowest BCUT2D eigenvalue weighted by molar-refractivity contribution is -0.117. The summed E-state index contributed by atoms with van der Waals surface area (Å²) < 4.78 is 0. The summed E-state index contributed by atoms with van der Waals surface area (Å²) in [6.07, 6.45) is 0.798. The fourth-order valence-corrected chi connectivity index (χ4v) is 2.22. The van der Waals surface area contributed by atoms with E-state index in [9.17, 15) is 14.7 Å². The Hall–Kier alpha value is -1.92. The number of nitrogens with one attached hydrogen (secondary N) is 3. The Morgan fingerprint density at radius 3 is 2.90 bits per heavy atom. The van der Waals surface area contributed by atoms with Gasteiger partial charge in [0.1, 0.15) is 0 Å². The predicted octanol–water partition coefficient (Wildman–Crippen LogP) is 0.488. The van der Waals surface area contributed by atoms with E-state index >= 15 is 0 Å². The van der Waals surface area contributed by atoms with E-state index in [-0.39, 0.29) is 11.8 Å². The van der Waals surface area contributed by atoms with Crippen LogP contribution < -0.4 is 16.0 Å². The van der Waals surface area contributed by atoms with E-state index in [1.807, 2.05) is 6.92 Å².